The van der Waals surface area contributed by atoms with Gasteiger partial charge >= 0.3 is 0 Å². The van der Waals surface area contributed by atoms with Gasteiger partial charge in [-0.3, -0.25) is 20.4 Å². The molecule has 2 amide bonds. The second-order valence-electron chi connectivity index (χ2n) is 7.07. The van der Waals surface area contributed by atoms with Gasteiger partial charge in [-0.1, -0.05) is 45.0 Å². The highest BCUT2D eigenvalue weighted by Crippen LogP contribution is 2.22. The van der Waals surface area contributed by atoms with Crippen LogP contribution in [0.2, 0.25) is 0 Å². The SMILES string of the molecule is COCCOc1ccccc1C(=O)NNC(=O)c1ccc(C(C)(C)C)cc1. The van der Waals surface area contributed by atoms with Crippen molar-refractivity contribution in [2.45, 2.75) is 26.2 Å². The molecule has 2 N–H and O–H groups in total. The van der Waals surface area contributed by atoms with E-state index in [1.54, 1.807) is 43.5 Å². The van der Waals surface area contributed by atoms with Gasteiger partial charge in [0.2, 0.25) is 0 Å². The van der Waals surface area contributed by atoms with Crippen LogP contribution in [0.4, 0.5) is 0 Å². The van der Waals surface area contributed by atoms with E-state index in [-0.39, 0.29) is 11.3 Å². The minimum absolute atomic E-state index is 0.00967. The first-order valence-electron chi connectivity index (χ1n) is 8.75. The lowest BCUT2D eigenvalue weighted by atomic mass is 9.87. The summed E-state index contributed by atoms with van der Waals surface area (Å²) >= 11 is 0. The van der Waals surface area contributed by atoms with Gasteiger partial charge in [-0.2, -0.15) is 0 Å². The zero-order valence-corrected chi connectivity index (χ0v) is 16.2. The fraction of sp³-hybridized carbons (Fsp3) is 0.333. The molecule has 2 rings (SSSR count). The Kier molecular flexibility index (Phi) is 6.96. The molecule has 144 valence electrons. The van der Waals surface area contributed by atoms with Crippen molar-refractivity contribution in [1.29, 1.82) is 0 Å². The second-order valence-corrected chi connectivity index (χ2v) is 7.07. The number of hydrazine groups is 1. The smallest absolute Gasteiger partial charge is 0.273 e. The van der Waals surface area contributed by atoms with Gasteiger partial charge in [0.1, 0.15) is 12.4 Å². The molecule has 0 heterocycles. The van der Waals surface area contributed by atoms with Gasteiger partial charge in [0, 0.05) is 12.7 Å². The Morgan fingerprint density at radius 2 is 1.52 bits per heavy atom. The summed E-state index contributed by atoms with van der Waals surface area (Å²) in [7, 11) is 1.57. The van der Waals surface area contributed by atoms with Crippen molar-refractivity contribution in [3.8, 4) is 5.75 Å². The molecule has 0 aromatic heterocycles. The number of ether oxygens (including phenoxy) is 2. The topological polar surface area (TPSA) is 76.7 Å². The van der Waals surface area contributed by atoms with Crippen LogP contribution in [0.25, 0.3) is 0 Å². The molecule has 6 heteroatoms. The van der Waals surface area contributed by atoms with E-state index in [9.17, 15) is 9.59 Å². The highest BCUT2D eigenvalue weighted by atomic mass is 16.5. The molecule has 2 aromatic rings. The van der Waals surface area contributed by atoms with Crippen molar-refractivity contribution < 1.29 is 19.1 Å². The van der Waals surface area contributed by atoms with Gasteiger partial charge in [-0.25, -0.2) is 0 Å². The summed E-state index contributed by atoms with van der Waals surface area (Å²) in [5.41, 5.74) is 6.79. The molecule has 2 aromatic carbocycles. The van der Waals surface area contributed by atoms with Crippen LogP contribution in [0.5, 0.6) is 5.75 Å². The number of amides is 2. The van der Waals surface area contributed by atoms with Crippen molar-refractivity contribution in [3.63, 3.8) is 0 Å². The summed E-state index contributed by atoms with van der Waals surface area (Å²) in [6, 6.07) is 14.1. The van der Waals surface area contributed by atoms with E-state index in [1.807, 2.05) is 12.1 Å². The highest BCUT2D eigenvalue weighted by molar-refractivity contribution is 6.00. The quantitative estimate of drug-likeness (QED) is 0.605. The van der Waals surface area contributed by atoms with Gasteiger partial charge in [-0.15, -0.1) is 0 Å². The average Bonchev–Trinajstić information content (AvgIpc) is 2.66. The number of nitrogens with one attached hydrogen (secondary N) is 2. The Hall–Kier alpha value is -2.86. The molecule has 27 heavy (non-hydrogen) atoms. The lowest BCUT2D eigenvalue weighted by Crippen LogP contribution is -2.41. The van der Waals surface area contributed by atoms with Crippen LogP contribution in [0.1, 0.15) is 47.1 Å². The van der Waals surface area contributed by atoms with E-state index in [2.05, 4.69) is 31.6 Å². The number of benzene rings is 2. The van der Waals surface area contributed by atoms with Crippen molar-refractivity contribution in [2.75, 3.05) is 20.3 Å². The zero-order chi connectivity index (χ0) is 19.9. The maximum Gasteiger partial charge on any atom is 0.273 e. The predicted molar refractivity (Wildman–Crippen MR) is 104 cm³/mol. The van der Waals surface area contributed by atoms with Crippen LogP contribution in [-0.4, -0.2) is 32.1 Å². The molecule has 0 radical (unpaired) electrons. The Balaban J connectivity index is 1.98. The number of rotatable bonds is 6. The number of carbonyl (C=O) groups excluding carboxylic acids is 2. The molecule has 0 unspecified atom stereocenters. The van der Waals surface area contributed by atoms with Crippen LogP contribution in [-0.2, 0) is 10.2 Å². The summed E-state index contributed by atoms with van der Waals surface area (Å²) in [5.74, 6) is -0.417. The van der Waals surface area contributed by atoms with Gasteiger partial charge in [0.15, 0.2) is 0 Å². The summed E-state index contributed by atoms with van der Waals surface area (Å²) in [6.45, 7) is 7.06. The number of hydrogen-bond donors (Lipinski definition) is 2. The molecule has 0 atom stereocenters. The Morgan fingerprint density at radius 3 is 2.15 bits per heavy atom. The third kappa shape index (κ3) is 5.82. The normalized spacial score (nSPS) is 11.0. The zero-order valence-electron chi connectivity index (χ0n) is 16.2. The summed E-state index contributed by atoms with van der Waals surface area (Å²) < 4.78 is 10.5. The monoisotopic (exact) mass is 370 g/mol. The minimum Gasteiger partial charge on any atom is -0.490 e. The van der Waals surface area contributed by atoms with E-state index >= 15 is 0 Å². The number of methoxy groups -OCH3 is 1. The van der Waals surface area contributed by atoms with E-state index < -0.39 is 5.91 Å². The maximum atomic E-state index is 12.4. The predicted octanol–water partition coefficient (Wildman–Crippen LogP) is 3.08. The highest BCUT2D eigenvalue weighted by Gasteiger charge is 2.16. The molecule has 0 aliphatic heterocycles. The first kappa shape index (κ1) is 20.5. The molecule has 0 saturated heterocycles. The van der Waals surface area contributed by atoms with Crippen molar-refractivity contribution in [2.24, 2.45) is 0 Å². The minimum atomic E-state index is -0.456. The molecule has 0 fully saturated rings. The molecule has 6 nitrogen and oxygen atoms in total. The number of para-hydroxylation sites is 1. The average molecular weight is 370 g/mol. The van der Waals surface area contributed by atoms with E-state index in [0.717, 1.165) is 5.56 Å². The fourth-order valence-corrected chi connectivity index (χ4v) is 2.39. The Bertz CT molecular complexity index is 780. The molecule has 0 saturated carbocycles. The van der Waals surface area contributed by atoms with Crippen molar-refractivity contribution in [1.82, 2.24) is 10.9 Å². The molecular formula is C21H26N2O4. The number of hydrogen-bond acceptors (Lipinski definition) is 4. The molecule has 0 aliphatic rings. The maximum absolute atomic E-state index is 12.4. The third-order valence-electron chi connectivity index (χ3n) is 3.98. The summed E-state index contributed by atoms with van der Waals surface area (Å²) in [4.78, 5) is 24.6. The molecule has 0 aliphatic carbocycles. The van der Waals surface area contributed by atoms with Crippen LogP contribution in [0.3, 0.4) is 0 Å². The van der Waals surface area contributed by atoms with E-state index in [4.69, 9.17) is 9.47 Å². The van der Waals surface area contributed by atoms with Gasteiger partial charge in [-0.05, 0) is 35.2 Å². The van der Waals surface area contributed by atoms with Gasteiger partial charge in [0.25, 0.3) is 11.8 Å². The van der Waals surface area contributed by atoms with Crippen LogP contribution in [0, 0.1) is 0 Å². The second kappa shape index (κ2) is 9.19. The Morgan fingerprint density at radius 1 is 0.889 bits per heavy atom. The van der Waals surface area contributed by atoms with Gasteiger partial charge < -0.3 is 9.47 Å². The molecule has 0 bridgehead atoms. The van der Waals surface area contributed by atoms with E-state index in [0.29, 0.717) is 30.1 Å². The number of carbonyl (C=O) groups is 2. The van der Waals surface area contributed by atoms with Crippen LogP contribution < -0.4 is 15.6 Å². The molecule has 0 spiro atoms. The van der Waals surface area contributed by atoms with Crippen LogP contribution >= 0.6 is 0 Å². The standard InChI is InChI=1S/C21H26N2O4/c1-21(2,3)16-11-9-15(10-12-16)19(24)22-23-20(25)17-7-5-6-8-18(17)27-14-13-26-4/h5-12H,13-14H2,1-4H3,(H,22,24)(H,23,25). The van der Waals surface area contributed by atoms with Crippen molar-refractivity contribution in [3.05, 3.63) is 65.2 Å². The molecular weight excluding hydrogens is 344 g/mol. The third-order valence-corrected chi connectivity index (χ3v) is 3.98. The Labute approximate surface area is 159 Å². The summed E-state index contributed by atoms with van der Waals surface area (Å²) in [6.07, 6.45) is 0. The van der Waals surface area contributed by atoms with E-state index in [1.165, 1.54) is 0 Å². The first-order valence-corrected chi connectivity index (χ1v) is 8.75. The van der Waals surface area contributed by atoms with Crippen molar-refractivity contribution >= 4 is 11.8 Å². The largest absolute Gasteiger partial charge is 0.490 e. The lowest BCUT2D eigenvalue weighted by Gasteiger charge is -2.19. The van der Waals surface area contributed by atoms with Gasteiger partial charge in [0.05, 0.1) is 12.2 Å². The summed E-state index contributed by atoms with van der Waals surface area (Å²) in [5, 5.41) is 0. The van der Waals surface area contributed by atoms with Crippen LogP contribution in [0.15, 0.2) is 48.5 Å². The first-order chi connectivity index (χ1) is 12.8. The lowest BCUT2D eigenvalue weighted by molar-refractivity contribution is 0.0842. The fourth-order valence-electron chi connectivity index (χ4n) is 2.39.